The first-order valence-electron chi connectivity index (χ1n) is 5.39. The molecule has 0 saturated carbocycles. The van der Waals surface area contributed by atoms with Crippen molar-refractivity contribution in [1.29, 1.82) is 0 Å². The van der Waals surface area contributed by atoms with Gasteiger partial charge in [-0.25, -0.2) is 0 Å². The fourth-order valence-electron chi connectivity index (χ4n) is 1.67. The molecule has 0 aromatic heterocycles. The third-order valence-electron chi connectivity index (χ3n) is 2.56. The van der Waals surface area contributed by atoms with Crippen LogP contribution in [-0.4, -0.2) is 75.8 Å². The number of nitrogens with one attached hydrogen (secondary N) is 1. The van der Waals surface area contributed by atoms with Gasteiger partial charge >= 0.3 is 0 Å². The van der Waals surface area contributed by atoms with Gasteiger partial charge in [0.15, 0.2) is 0 Å². The van der Waals surface area contributed by atoms with E-state index in [0.717, 1.165) is 26.2 Å². The normalized spacial score (nSPS) is 25.4. The topological polar surface area (TPSA) is 54.0 Å². The van der Waals surface area contributed by atoms with Gasteiger partial charge in [0.25, 0.3) is 0 Å². The molecule has 2 N–H and O–H groups in total. The summed E-state index contributed by atoms with van der Waals surface area (Å²) in [6.45, 7) is 4.11. The van der Waals surface area contributed by atoms with E-state index < -0.39 is 0 Å². The lowest BCUT2D eigenvalue weighted by Gasteiger charge is -2.31. The van der Waals surface area contributed by atoms with Gasteiger partial charge in [0.2, 0.25) is 0 Å². The van der Waals surface area contributed by atoms with Crippen molar-refractivity contribution < 1.29 is 14.6 Å². The molecule has 1 rings (SSSR count). The average molecular weight is 218 g/mol. The van der Waals surface area contributed by atoms with Crippen molar-refractivity contribution in [1.82, 2.24) is 10.2 Å². The molecule has 2 atom stereocenters. The van der Waals surface area contributed by atoms with Gasteiger partial charge in [-0.05, 0) is 7.05 Å². The van der Waals surface area contributed by atoms with E-state index in [2.05, 4.69) is 17.3 Å². The van der Waals surface area contributed by atoms with E-state index in [1.165, 1.54) is 0 Å². The van der Waals surface area contributed by atoms with Gasteiger partial charge < -0.3 is 24.8 Å². The lowest BCUT2D eigenvalue weighted by molar-refractivity contribution is -0.0214. The summed E-state index contributed by atoms with van der Waals surface area (Å²) in [6.07, 6.45) is 0.217. The zero-order chi connectivity index (χ0) is 11.1. The van der Waals surface area contributed by atoms with E-state index in [1.807, 2.05) is 0 Å². The molecular formula is C10H22N2O3. The van der Waals surface area contributed by atoms with Gasteiger partial charge in [-0.2, -0.15) is 0 Å². The summed E-state index contributed by atoms with van der Waals surface area (Å²) < 4.78 is 10.6. The van der Waals surface area contributed by atoms with Gasteiger partial charge in [-0.3, -0.25) is 0 Å². The van der Waals surface area contributed by atoms with E-state index in [1.54, 1.807) is 7.11 Å². The minimum atomic E-state index is 0.00540. The summed E-state index contributed by atoms with van der Waals surface area (Å²) in [5.41, 5.74) is 0. The number of methoxy groups -OCH3 is 1. The van der Waals surface area contributed by atoms with Gasteiger partial charge in [-0.15, -0.1) is 0 Å². The van der Waals surface area contributed by atoms with Crippen molar-refractivity contribution in [2.24, 2.45) is 0 Å². The number of hydrogen-bond acceptors (Lipinski definition) is 5. The second-order valence-electron chi connectivity index (χ2n) is 4.00. The third-order valence-corrected chi connectivity index (χ3v) is 2.56. The van der Waals surface area contributed by atoms with Crippen LogP contribution in [0, 0.1) is 0 Å². The molecule has 1 aliphatic rings. The highest BCUT2D eigenvalue weighted by Gasteiger charge is 2.18. The third kappa shape index (κ3) is 4.90. The molecule has 90 valence electrons. The predicted molar refractivity (Wildman–Crippen MR) is 58.0 cm³/mol. The Morgan fingerprint density at radius 3 is 3.07 bits per heavy atom. The molecule has 1 fully saturated rings. The van der Waals surface area contributed by atoms with Crippen LogP contribution in [0.25, 0.3) is 0 Å². The Balaban J connectivity index is 2.16. The van der Waals surface area contributed by atoms with Crippen LogP contribution >= 0.6 is 0 Å². The highest BCUT2D eigenvalue weighted by molar-refractivity contribution is 4.74. The van der Waals surface area contributed by atoms with Gasteiger partial charge in [-0.1, -0.05) is 0 Å². The van der Waals surface area contributed by atoms with E-state index in [-0.39, 0.29) is 18.8 Å². The molecule has 0 bridgehead atoms. The van der Waals surface area contributed by atoms with Gasteiger partial charge in [0.1, 0.15) is 0 Å². The second kappa shape index (κ2) is 7.14. The molecule has 5 nitrogen and oxygen atoms in total. The highest BCUT2D eigenvalue weighted by Crippen LogP contribution is 2.01. The summed E-state index contributed by atoms with van der Waals surface area (Å²) in [6, 6.07) is 0.00540. The van der Waals surface area contributed by atoms with Crippen molar-refractivity contribution in [3.05, 3.63) is 0 Å². The Morgan fingerprint density at radius 1 is 1.67 bits per heavy atom. The summed E-state index contributed by atoms with van der Waals surface area (Å²) in [4.78, 5) is 2.25. The second-order valence-corrected chi connectivity index (χ2v) is 4.00. The van der Waals surface area contributed by atoms with Crippen molar-refractivity contribution in [2.45, 2.75) is 12.1 Å². The smallest absolute Gasteiger partial charge is 0.0826 e. The SMILES string of the molecule is COCC(CO)NCC1CN(C)CCO1. The maximum absolute atomic E-state index is 9.04. The Labute approximate surface area is 91.3 Å². The summed E-state index contributed by atoms with van der Waals surface area (Å²) in [7, 11) is 3.73. The lowest BCUT2D eigenvalue weighted by Crippen LogP contribution is -2.48. The number of ether oxygens (including phenoxy) is 2. The van der Waals surface area contributed by atoms with Crippen LogP contribution in [0.4, 0.5) is 0 Å². The predicted octanol–water partition coefficient (Wildman–Crippen LogP) is -1.09. The Hall–Kier alpha value is -0.200. The number of nitrogens with zero attached hydrogens (tertiary/aromatic N) is 1. The van der Waals surface area contributed by atoms with Crippen molar-refractivity contribution in [3.63, 3.8) is 0 Å². The molecule has 0 aromatic carbocycles. The van der Waals surface area contributed by atoms with Gasteiger partial charge in [0.05, 0.1) is 32.0 Å². The van der Waals surface area contributed by atoms with Crippen LogP contribution in [0.5, 0.6) is 0 Å². The quantitative estimate of drug-likeness (QED) is 0.593. The van der Waals surface area contributed by atoms with Crippen LogP contribution in [0.3, 0.4) is 0 Å². The maximum Gasteiger partial charge on any atom is 0.0826 e. The number of hydrogen-bond donors (Lipinski definition) is 2. The summed E-state index contributed by atoms with van der Waals surface area (Å²) >= 11 is 0. The van der Waals surface area contributed by atoms with Crippen LogP contribution in [-0.2, 0) is 9.47 Å². The summed E-state index contributed by atoms with van der Waals surface area (Å²) in [5, 5.41) is 12.3. The fourth-order valence-corrected chi connectivity index (χ4v) is 1.67. The van der Waals surface area contributed by atoms with Crippen LogP contribution in [0.15, 0.2) is 0 Å². The van der Waals surface area contributed by atoms with Crippen LogP contribution < -0.4 is 5.32 Å². The number of aliphatic hydroxyl groups is 1. The number of rotatable bonds is 6. The zero-order valence-corrected chi connectivity index (χ0v) is 9.61. The number of morpholine rings is 1. The molecule has 0 amide bonds. The Bertz CT molecular complexity index is 169. The van der Waals surface area contributed by atoms with Gasteiger partial charge in [0, 0.05) is 26.7 Å². The van der Waals surface area contributed by atoms with E-state index in [9.17, 15) is 0 Å². The number of likely N-dealkylation sites (N-methyl/N-ethyl adjacent to an activating group) is 1. The molecule has 1 heterocycles. The monoisotopic (exact) mass is 218 g/mol. The van der Waals surface area contributed by atoms with E-state index >= 15 is 0 Å². The first-order chi connectivity index (χ1) is 7.26. The largest absolute Gasteiger partial charge is 0.395 e. The molecule has 0 spiro atoms. The van der Waals surface area contributed by atoms with Crippen molar-refractivity contribution >= 4 is 0 Å². The number of aliphatic hydroxyl groups excluding tert-OH is 1. The first-order valence-corrected chi connectivity index (χ1v) is 5.39. The maximum atomic E-state index is 9.04. The Morgan fingerprint density at radius 2 is 2.47 bits per heavy atom. The van der Waals surface area contributed by atoms with Crippen LogP contribution in [0.2, 0.25) is 0 Å². The minimum absolute atomic E-state index is 0.00540. The molecule has 0 radical (unpaired) electrons. The molecule has 1 saturated heterocycles. The highest BCUT2D eigenvalue weighted by atomic mass is 16.5. The molecule has 0 aliphatic carbocycles. The average Bonchev–Trinajstić information content (AvgIpc) is 2.24. The summed E-state index contributed by atoms with van der Waals surface area (Å²) in [5.74, 6) is 0. The van der Waals surface area contributed by atoms with E-state index in [0.29, 0.717) is 6.61 Å². The molecular weight excluding hydrogens is 196 g/mol. The van der Waals surface area contributed by atoms with Crippen LogP contribution in [0.1, 0.15) is 0 Å². The standard InChI is InChI=1S/C10H22N2O3/c1-12-3-4-15-10(6-12)5-11-9(7-13)8-14-2/h9-11,13H,3-8H2,1-2H3. The molecule has 5 heteroatoms. The molecule has 15 heavy (non-hydrogen) atoms. The first kappa shape index (κ1) is 12.9. The minimum Gasteiger partial charge on any atom is -0.395 e. The lowest BCUT2D eigenvalue weighted by atomic mass is 10.2. The van der Waals surface area contributed by atoms with Crippen molar-refractivity contribution in [3.8, 4) is 0 Å². The Kier molecular flexibility index (Phi) is 6.12. The molecule has 0 aromatic rings. The molecule has 2 unspecified atom stereocenters. The fraction of sp³-hybridized carbons (Fsp3) is 1.00. The molecule has 1 aliphatic heterocycles. The van der Waals surface area contributed by atoms with E-state index in [4.69, 9.17) is 14.6 Å². The van der Waals surface area contributed by atoms with Crippen molar-refractivity contribution in [2.75, 3.05) is 53.6 Å². The zero-order valence-electron chi connectivity index (χ0n) is 9.61.